The van der Waals surface area contributed by atoms with Gasteiger partial charge in [0.05, 0.1) is 22.7 Å². The molecule has 1 aliphatic carbocycles. The van der Waals surface area contributed by atoms with Crippen LogP contribution in [0, 0.1) is 13.8 Å². The van der Waals surface area contributed by atoms with E-state index in [-0.39, 0.29) is 17.4 Å². The second-order valence-corrected chi connectivity index (χ2v) is 13.2. The molecule has 0 saturated heterocycles. The number of anilines is 1. The first-order valence-electron chi connectivity index (χ1n) is 14.7. The highest BCUT2D eigenvalue weighted by molar-refractivity contribution is 9.10. The number of rotatable bonds is 7. The fourth-order valence-electron chi connectivity index (χ4n) is 5.79. The van der Waals surface area contributed by atoms with Crippen molar-refractivity contribution < 1.29 is 4.79 Å². The molecule has 1 N–H and O–H groups in total. The van der Waals surface area contributed by atoms with Gasteiger partial charge in [0, 0.05) is 37.9 Å². The highest BCUT2D eigenvalue weighted by Crippen LogP contribution is 2.39. The number of hydrogen-bond donors (Lipinski definition) is 1. The average molecular weight is 657 g/mol. The van der Waals surface area contributed by atoms with Crippen molar-refractivity contribution in [2.24, 2.45) is 5.10 Å². The van der Waals surface area contributed by atoms with Crippen molar-refractivity contribution in [2.45, 2.75) is 65.7 Å². The molecule has 0 radical (unpaired) electrons. The van der Waals surface area contributed by atoms with E-state index in [4.69, 9.17) is 10.1 Å². The van der Waals surface area contributed by atoms with Crippen molar-refractivity contribution in [1.82, 2.24) is 14.2 Å². The second-order valence-electron chi connectivity index (χ2n) is 11.2. The summed E-state index contributed by atoms with van der Waals surface area (Å²) in [6.45, 7) is 8.23. The SMILES string of the molecule is CC[C@H](C)c1nc2ccc(Br)cc2c(=O)n1N=Cc1cc(C)n(-c2sc3c(c2C(=O)Nc2ccccc2)CCCC3)c1C. The summed E-state index contributed by atoms with van der Waals surface area (Å²) < 4.78 is 4.43. The number of benzene rings is 2. The standard InChI is InChI=1S/C34H34BrN5O2S/c1-5-20(2)31-38-28-16-15-24(35)18-27(28)33(42)40(31)36-19-23-17-21(3)39(22(23)4)34-30(26-13-9-10-14-29(26)43-34)32(41)37-25-11-7-6-8-12-25/h6-8,11-12,15-20H,5,9-10,13-14H2,1-4H3,(H,37,41)/t20-/m0/s1. The molecule has 2 aromatic carbocycles. The number of para-hydroxylation sites is 1. The maximum Gasteiger partial charge on any atom is 0.282 e. The lowest BCUT2D eigenvalue weighted by atomic mass is 9.95. The van der Waals surface area contributed by atoms with E-state index >= 15 is 0 Å². The Morgan fingerprint density at radius 3 is 2.67 bits per heavy atom. The number of aromatic nitrogens is 3. The molecular weight excluding hydrogens is 622 g/mol. The minimum absolute atomic E-state index is 0.0495. The minimum atomic E-state index is -0.197. The Bertz CT molecular complexity index is 1940. The van der Waals surface area contributed by atoms with Gasteiger partial charge < -0.3 is 9.88 Å². The number of amides is 1. The molecule has 0 bridgehead atoms. The zero-order valence-corrected chi connectivity index (χ0v) is 27.2. The molecule has 0 fully saturated rings. The van der Waals surface area contributed by atoms with Crippen LogP contribution in [0.1, 0.15) is 82.6 Å². The number of carbonyl (C=O) groups is 1. The van der Waals surface area contributed by atoms with E-state index < -0.39 is 0 Å². The first-order valence-corrected chi connectivity index (χ1v) is 16.3. The Morgan fingerprint density at radius 2 is 1.91 bits per heavy atom. The van der Waals surface area contributed by atoms with E-state index in [0.717, 1.165) is 69.8 Å². The zero-order valence-electron chi connectivity index (χ0n) is 24.8. The molecule has 43 heavy (non-hydrogen) atoms. The third-order valence-corrected chi connectivity index (χ3v) is 10.1. The molecular formula is C34H34BrN5O2S. The molecule has 220 valence electrons. The Morgan fingerprint density at radius 1 is 1.14 bits per heavy atom. The summed E-state index contributed by atoms with van der Waals surface area (Å²) in [7, 11) is 0. The first kappa shape index (κ1) is 29.3. The highest BCUT2D eigenvalue weighted by atomic mass is 79.9. The summed E-state index contributed by atoms with van der Waals surface area (Å²) in [5.41, 5.74) is 6.02. The van der Waals surface area contributed by atoms with Crippen LogP contribution in [0.3, 0.4) is 0 Å². The van der Waals surface area contributed by atoms with Crippen molar-refractivity contribution in [3.8, 4) is 5.00 Å². The van der Waals surface area contributed by atoms with E-state index in [1.807, 2.05) is 56.3 Å². The molecule has 3 aromatic heterocycles. The van der Waals surface area contributed by atoms with Crippen LogP contribution in [0.15, 0.2) is 69.0 Å². The van der Waals surface area contributed by atoms with Gasteiger partial charge in [0.25, 0.3) is 11.5 Å². The van der Waals surface area contributed by atoms with Crippen molar-refractivity contribution >= 4 is 56.0 Å². The Balaban J connectivity index is 1.44. The summed E-state index contributed by atoms with van der Waals surface area (Å²) in [6.07, 6.45) is 6.69. The molecule has 7 nitrogen and oxygen atoms in total. The summed E-state index contributed by atoms with van der Waals surface area (Å²) in [6, 6.07) is 17.2. The van der Waals surface area contributed by atoms with Crippen LogP contribution in [0.25, 0.3) is 15.9 Å². The Kier molecular flexibility index (Phi) is 8.20. The average Bonchev–Trinajstić information content (AvgIpc) is 3.52. The van der Waals surface area contributed by atoms with Crippen LogP contribution in [0.4, 0.5) is 5.69 Å². The maximum absolute atomic E-state index is 13.8. The smallest absolute Gasteiger partial charge is 0.282 e. The molecule has 1 aliphatic rings. The van der Waals surface area contributed by atoms with Crippen LogP contribution in [0.5, 0.6) is 0 Å². The van der Waals surface area contributed by atoms with Crippen LogP contribution in [-0.4, -0.2) is 26.3 Å². The molecule has 0 aliphatic heterocycles. The lowest BCUT2D eigenvalue weighted by Crippen LogP contribution is -2.23. The number of halogens is 1. The van der Waals surface area contributed by atoms with E-state index in [0.29, 0.717) is 16.7 Å². The highest BCUT2D eigenvalue weighted by Gasteiger charge is 2.28. The number of carbonyl (C=O) groups excluding carboxylic acids is 1. The van der Waals surface area contributed by atoms with Gasteiger partial charge in [0.2, 0.25) is 0 Å². The first-order chi connectivity index (χ1) is 20.8. The molecule has 6 rings (SSSR count). The van der Waals surface area contributed by atoms with Crippen LogP contribution >= 0.6 is 27.3 Å². The van der Waals surface area contributed by atoms with Gasteiger partial charge in [0.15, 0.2) is 0 Å². The van der Waals surface area contributed by atoms with Gasteiger partial charge in [-0.05, 0) is 87.9 Å². The normalized spacial score (nSPS) is 13.9. The largest absolute Gasteiger partial charge is 0.322 e. The Hall–Kier alpha value is -3.82. The van der Waals surface area contributed by atoms with Gasteiger partial charge in [-0.3, -0.25) is 9.59 Å². The topological polar surface area (TPSA) is 81.3 Å². The molecule has 3 heterocycles. The van der Waals surface area contributed by atoms with Crippen LogP contribution in [-0.2, 0) is 12.8 Å². The Labute approximate surface area is 263 Å². The summed E-state index contributed by atoms with van der Waals surface area (Å²) in [5, 5.41) is 9.30. The molecule has 1 atom stereocenters. The van der Waals surface area contributed by atoms with Gasteiger partial charge in [-0.25, -0.2) is 4.98 Å². The van der Waals surface area contributed by atoms with Crippen molar-refractivity contribution in [2.75, 3.05) is 5.32 Å². The molecule has 0 unspecified atom stereocenters. The summed E-state index contributed by atoms with van der Waals surface area (Å²) in [5.74, 6) is 0.605. The van der Waals surface area contributed by atoms with Gasteiger partial charge in [-0.1, -0.05) is 48.0 Å². The lowest BCUT2D eigenvalue weighted by Gasteiger charge is -2.14. The fourth-order valence-corrected chi connectivity index (χ4v) is 7.65. The third kappa shape index (κ3) is 5.52. The monoisotopic (exact) mass is 655 g/mol. The maximum atomic E-state index is 13.8. The fraction of sp³-hybridized carbons (Fsp3) is 0.294. The van der Waals surface area contributed by atoms with E-state index in [9.17, 15) is 9.59 Å². The zero-order chi connectivity index (χ0) is 30.2. The lowest BCUT2D eigenvalue weighted by molar-refractivity contribution is 0.102. The van der Waals surface area contributed by atoms with E-state index in [1.165, 1.54) is 15.1 Å². The number of aryl methyl sites for hydroxylation is 2. The number of hydrogen-bond acceptors (Lipinski definition) is 5. The second kappa shape index (κ2) is 12.1. The van der Waals surface area contributed by atoms with Crippen molar-refractivity contribution in [1.29, 1.82) is 0 Å². The minimum Gasteiger partial charge on any atom is -0.322 e. The molecule has 0 saturated carbocycles. The number of nitrogens with zero attached hydrogens (tertiary/aromatic N) is 4. The van der Waals surface area contributed by atoms with Gasteiger partial charge >= 0.3 is 0 Å². The predicted molar refractivity (Wildman–Crippen MR) is 180 cm³/mol. The van der Waals surface area contributed by atoms with Gasteiger partial charge in [0.1, 0.15) is 10.8 Å². The van der Waals surface area contributed by atoms with Crippen molar-refractivity contribution in [3.05, 3.63) is 108 Å². The molecule has 9 heteroatoms. The summed E-state index contributed by atoms with van der Waals surface area (Å²) >= 11 is 5.19. The van der Waals surface area contributed by atoms with Gasteiger partial charge in [-0.15, -0.1) is 11.3 Å². The predicted octanol–water partition coefficient (Wildman–Crippen LogP) is 8.15. The molecule has 1 amide bonds. The molecule has 5 aromatic rings. The summed E-state index contributed by atoms with van der Waals surface area (Å²) in [4.78, 5) is 33.6. The van der Waals surface area contributed by atoms with E-state index in [2.05, 4.69) is 45.7 Å². The van der Waals surface area contributed by atoms with E-state index in [1.54, 1.807) is 23.6 Å². The van der Waals surface area contributed by atoms with Crippen LogP contribution < -0.4 is 10.9 Å². The van der Waals surface area contributed by atoms with Crippen molar-refractivity contribution in [3.63, 3.8) is 0 Å². The number of fused-ring (bicyclic) bond motifs is 2. The van der Waals surface area contributed by atoms with Gasteiger partial charge in [-0.2, -0.15) is 9.78 Å². The number of thiophene rings is 1. The number of nitrogens with one attached hydrogen (secondary N) is 1. The van der Waals surface area contributed by atoms with Crippen LogP contribution in [0.2, 0.25) is 0 Å². The third-order valence-electron chi connectivity index (χ3n) is 8.28. The quantitative estimate of drug-likeness (QED) is 0.180. The molecule has 0 spiro atoms.